The molecule has 0 radical (unpaired) electrons. The third kappa shape index (κ3) is 5.66. The van der Waals surface area contributed by atoms with Gasteiger partial charge in [-0.1, -0.05) is 29.0 Å². The minimum atomic E-state index is -3.57. The van der Waals surface area contributed by atoms with Crippen molar-refractivity contribution in [1.82, 2.24) is 14.2 Å². The zero-order valence-corrected chi connectivity index (χ0v) is 22.2. The molecule has 0 unspecified atom stereocenters. The first kappa shape index (κ1) is 25.6. The molecule has 0 atom stereocenters. The number of hydrogen-bond donors (Lipinski definition) is 0. The number of hydrogen-bond acceptors (Lipinski definition) is 7. The fourth-order valence-electron chi connectivity index (χ4n) is 4.16. The molecule has 35 heavy (non-hydrogen) atoms. The second-order valence-electron chi connectivity index (χ2n) is 9.11. The molecule has 0 spiro atoms. The van der Waals surface area contributed by atoms with Gasteiger partial charge in [0, 0.05) is 32.1 Å². The van der Waals surface area contributed by atoms with Crippen molar-refractivity contribution in [3.63, 3.8) is 0 Å². The van der Waals surface area contributed by atoms with Crippen molar-refractivity contribution in [2.75, 3.05) is 52.3 Å². The van der Waals surface area contributed by atoms with E-state index >= 15 is 0 Å². The number of nitrogens with zero attached hydrogens (tertiary/aromatic N) is 4. The quantitative estimate of drug-likeness (QED) is 0.455. The van der Waals surface area contributed by atoms with Gasteiger partial charge in [0.1, 0.15) is 5.75 Å². The summed E-state index contributed by atoms with van der Waals surface area (Å²) in [4.78, 5) is 22.5. The van der Waals surface area contributed by atoms with Crippen LogP contribution in [0, 0.1) is 12.8 Å². The number of carbonyl (C=O) groups excluding carboxylic acids is 1. The van der Waals surface area contributed by atoms with Crippen LogP contribution in [-0.2, 0) is 14.8 Å². The number of ether oxygens (including phenoxy) is 1. The van der Waals surface area contributed by atoms with Gasteiger partial charge in [-0.25, -0.2) is 13.4 Å². The van der Waals surface area contributed by atoms with Crippen LogP contribution >= 0.6 is 11.3 Å². The number of aromatic nitrogens is 1. The molecule has 1 fully saturated rings. The predicted molar refractivity (Wildman–Crippen MR) is 140 cm³/mol. The van der Waals surface area contributed by atoms with Crippen LogP contribution in [0.5, 0.6) is 5.75 Å². The Kier molecular flexibility index (Phi) is 7.75. The predicted octanol–water partition coefficient (Wildman–Crippen LogP) is 3.61. The van der Waals surface area contributed by atoms with Crippen molar-refractivity contribution in [3.8, 4) is 5.75 Å². The van der Waals surface area contributed by atoms with Gasteiger partial charge in [0.05, 0.1) is 22.2 Å². The van der Waals surface area contributed by atoms with E-state index in [-0.39, 0.29) is 11.8 Å². The lowest BCUT2D eigenvalue weighted by atomic mass is 9.96. The molecule has 1 aromatic heterocycles. The van der Waals surface area contributed by atoms with E-state index in [0.29, 0.717) is 49.0 Å². The van der Waals surface area contributed by atoms with E-state index in [1.807, 2.05) is 44.1 Å². The van der Waals surface area contributed by atoms with Crippen molar-refractivity contribution in [1.29, 1.82) is 0 Å². The van der Waals surface area contributed by atoms with E-state index in [1.54, 1.807) is 36.3 Å². The first-order valence-corrected chi connectivity index (χ1v) is 13.9. The lowest BCUT2D eigenvalue weighted by Gasteiger charge is -2.33. The molecular formula is C25H32N4O4S2. The molecular weight excluding hydrogens is 484 g/mol. The van der Waals surface area contributed by atoms with Gasteiger partial charge >= 0.3 is 0 Å². The summed E-state index contributed by atoms with van der Waals surface area (Å²) >= 11 is 1.47. The summed E-state index contributed by atoms with van der Waals surface area (Å²) in [7, 11) is 2.01. The number of rotatable bonds is 8. The highest BCUT2D eigenvalue weighted by molar-refractivity contribution is 7.89. The molecule has 2 aromatic carbocycles. The van der Waals surface area contributed by atoms with Crippen LogP contribution < -0.4 is 9.64 Å². The number of sulfonamides is 1. The van der Waals surface area contributed by atoms with Gasteiger partial charge in [0.2, 0.25) is 15.9 Å². The van der Waals surface area contributed by atoms with Crippen molar-refractivity contribution >= 4 is 42.6 Å². The number of carbonyl (C=O) groups is 1. The summed E-state index contributed by atoms with van der Waals surface area (Å²) in [5.41, 5.74) is 1.84. The van der Waals surface area contributed by atoms with Gasteiger partial charge in [-0.15, -0.1) is 0 Å². The highest BCUT2D eigenvalue weighted by Crippen LogP contribution is 2.33. The maximum Gasteiger partial charge on any atom is 0.243 e. The molecule has 0 aliphatic carbocycles. The van der Waals surface area contributed by atoms with Crippen molar-refractivity contribution in [2.45, 2.75) is 24.7 Å². The van der Waals surface area contributed by atoms with E-state index in [0.717, 1.165) is 21.5 Å². The lowest BCUT2D eigenvalue weighted by Crippen LogP contribution is -2.46. The highest BCUT2D eigenvalue weighted by atomic mass is 32.2. The van der Waals surface area contributed by atoms with Crippen LogP contribution in [-0.4, -0.2) is 75.9 Å². The van der Waals surface area contributed by atoms with Crippen LogP contribution in [0.2, 0.25) is 0 Å². The third-order valence-corrected chi connectivity index (χ3v) is 9.27. The zero-order valence-electron chi connectivity index (χ0n) is 20.6. The molecule has 3 aromatic rings. The molecule has 8 nitrogen and oxygen atoms in total. The number of methoxy groups -OCH3 is 1. The Balaban J connectivity index is 1.51. The number of amides is 1. The SMILES string of the molecule is COc1ccc2nc(N(CCN(C)C)C(=O)C3CCN(S(=O)(=O)c4ccc(C)cc4)CC3)sc2c1. The van der Waals surface area contributed by atoms with Crippen LogP contribution in [0.1, 0.15) is 18.4 Å². The second-order valence-corrected chi connectivity index (χ2v) is 12.1. The number of likely N-dealkylation sites (N-methyl/N-ethyl adjacent to an activating group) is 1. The number of anilines is 1. The third-order valence-electron chi connectivity index (χ3n) is 6.31. The molecule has 1 amide bonds. The Morgan fingerprint density at radius 3 is 2.43 bits per heavy atom. The van der Waals surface area contributed by atoms with Crippen LogP contribution in [0.4, 0.5) is 5.13 Å². The number of aryl methyl sites for hydroxylation is 1. The topological polar surface area (TPSA) is 83.1 Å². The van der Waals surface area contributed by atoms with E-state index in [4.69, 9.17) is 9.72 Å². The summed E-state index contributed by atoms with van der Waals surface area (Å²) in [6.07, 6.45) is 0.974. The number of benzene rings is 2. The van der Waals surface area contributed by atoms with E-state index in [9.17, 15) is 13.2 Å². The average molecular weight is 517 g/mol. The average Bonchev–Trinajstić information content (AvgIpc) is 3.27. The molecule has 10 heteroatoms. The van der Waals surface area contributed by atoms with E-state index < -0.39 is 10.0 Å². The molecule has 1 saturated heterocycles. The molecule has 188 valence electrons. The monoisotopic (exact) mass is 516 g/mol. The minimum absolute atomic E-state index is 0.00487. The largest absolute Gasteiger partial charge is 0.497 e. The first-order valence-electron chi connectivity index (χ1n) is 11.7. The molecule has 2 heterocycles. The summed E-state index contributed by atoms with van der Waals surface area (Å²) in [5.74, 6) is 0.509. The Morgan fingerprint density at radius 1 is 1.11 bits per heavy atom. The Morgan fingerprint density at radius 2 is 1.80 bits per heavy atom. The molecule has 0 saturated carbocycles. The summed E-state index contributed by atoms with van der Waals surface area (Å²) in [6.45, 7) is 3.80. The highest BCUT2D eigenvalue weighted by Gasteiger charge is 2.35. The van der Waals surface area contributed by atoms with Crippen LogP contribution in [0.3, 0.4) is 0 Å². The van der Waals surface area contributed by atoms with E-state index in [1.165, 1.54) is 15.6 Å². The number of thiazole rings is 1. The summed E-state index contributed by atoms with van der Waals surface area (Å²) < 4.78 is 33.9. The fourth-order valence-corrected chi connectivity index (χ4v) is 6.65. The van der Waals surface area contributed by atoms with Gasteiger partial charge < -0.3 is 9.64 Å². The summed E-state index contributed by atoms with van der Waals surface area (Å²) in [6, 6.07) is 12.6. The smallest absolute Gasteiger partial charge is 0.243 e. The molecule has 4 rings (SSSR count). The van der Waals surface area contributed by atoms with Gasteiger partial charge in [0.15, 0.2) is 5.13 Å². The van der Waals surface area contributed by atoms with Gasteiger partial charge in [0.25, 0.3) is 0 Å². The molecule has 0 bridgehead atoms. The maximum absolute atomic E-state index is 13.7. The molecule has 0 N–H and O–H groups in total. The van der Waals surface area contributed by atoms with Crippen molar-refractivity contribution in [3.05, 3.63) is 48.0 Å². The summed E-state index contributed by atoms with van der Waals surface area (Å²) in [5, 5.41) is 0.662. The van der Waals surface area contributed by atoms with Gasteiger partial charge in [-0.2, -0.15) is 4.31 Å². The maximum atomic E-state index is 13.7. The van der Waals surface area contributed by atoms with Crippen molar-refractivity contribution in [2.24, 2.45) is 5.92 Å². The Labute approximate surface area is 211 Å². The second kappa shape index (κ2) is 10.6. The number of fused-ring (bicyclic) bond motifs is 1. The fraction of sp³-hybridized carbons (Fsp3) is 0.440. The van der Waals surface area contributed by atoms with Gasteiger partial charge in [-0.05, 0) is 64.2 Å². The normalized spacial score (nSPS) is 15.6. The van der Waals surface area contributed by atoms with E-state index in [2.05, 4.69) is 0 Å². The molecule has 1 aliphatic heterocycles. The zero-order chi connectivity index (χ0) is 25.2. The van der Waals surface area contributed by atoms with Crippen LogP contribution in [0.25, 0.3) is 10.2 Å². The lowest BCUT2D eigenvalue weighted by molar-refractivity contribution is -0.123. The van der Waals surface area contributed by atoms with Crippen molar-refractivity contribution < 1.29 is 17.9 Å². The first-order chi connectivity index (χ1) is 16.7. The standard InChI is InChI=1S/C25H32N4O4S2/c1-18-5-8-21(9-6-18)35(31,32)28-13-11-19(12-14-28)24(30)29(16-15-27(2)3)25-26-22-10-7-20(33-4)17-23(22)34-25/h5-10,17,19H,11-16H2,1-4H3. The Bertz CT molecular complexity index is 1280. The number of piperidine rings is 1. The van der Waals surface area contributed by atoms with Gasteiger partial charge in [-0.3, -0.25) is 9.69 Å². The Hall–Kier alpha value is -2.53. The minimum Gasteiger partial charge on any atom is -0.497 e. The van der Waals surface area contributed by atoms with Crippen LogP contribution in [0.15, 0.2) is 47.4 Å². The molecule has 1 aliphatic rings.